The van der Waals surface area contributed by atoms with Crippen molar-refractivity contribution in [3.8, 4) is 0 Å². The lowest BCUT2D eigenvalue weighted by Gasteiger charge is -2.38. The van der Waals surface area contributed by atoms with E-state index in [9.17, 15) is 0 Å². The first kappa shape index (κ1) is 24.5. The van der Waals surface area contributed by atoms with Gasteiger partial charge in [-0.15, -0.1) is 0 Å². The zero-order valence-corrected chi connectivity index (χ0v) is 20.2. The van der Waals surface area contributed by atoms with Gasteiger partial charge in [-0.25, -0.2) is 0 Å². The van der Waals surface area contributed by atoms with Gasteiger partial charge in [-0.05, 0) is 74.0 Å². The van der Waals surface area contributed by atoms with Gasteiger partial charge < -0.3 is 0 Å². The fraction of sp³-hybridized carbons (Fsp3) is 0.793. The standard InChI is InChI=1S/C29H50/c1-4-6-8-9-10-11-13-17-27-18-19-28(26(3)25-27)20-24-29(21-14-7-5-2)22-15-12-16-23-29/h18-19,25H,4-17,20-24H2,1-3H3. The second-order valence-electron chi connectivity index (χ2n) is 10.1. The number of unbranched alkanes of at least 4 members (excludes halogenated alkanes) is 8. The Morgan fingerprint density at radius 1 is 0.690 bits per heavy atom. The quantitative estimate of drug-likeness (QED) is 0.258. The van der Waals surface area contributed by atoms with Crippen molar-refractivity contribution in [2.24, 2.45) is 5.41 Å². The third kappa shape index (κ3) is 9.27. The Kier molecular flexibility index (Phi) is 12.0. The Morgan fingerprint density at radius 3 is 2.03 bits per heavy atom. The van der Waals surface area contributed by atoms with E-state index >= 15 is 0 Å². The molecule has 1 aromatic rings. The monoisotopic (exact) mass is 398 g/mol. The van der Waals surface area contributed by atoms with Crippen molar-refractivity contribution in [1.29, 1.82) is 0 Å². The van der Waals surface area contributed by atoms with Gasteiger partial charge in [-0.3, -0.25) is 0 Å². The van der Waals surface area contributed by atoms with Crippen LogP contribution in [-0.2, 0) is 12.8 Å². The smallest absolute Gasteiger partial charge is 0.0271 e. The summed E-state index contributed by atoms with van der Waals surface area (Å²) < 4.78 is 0. The molecule has 29 heavy (non-hydrogen) atoms. The first-order valence-corrected chi connectivity index (χ1v) is 13.3. The molecule has 1 saturated carbocycles. The van der Waals surface area contributed by atoms with Gasteiger partial charge in [0.05, 0.1) is 0 Å². The maximum absolute atomic E-state index is 2.50. The first-order valence-electron chi connectivity index (χ1n) is 13.3. The minimum atomic E-state index is 0.663. The zero-order chi connectivity index (χ0) is 20.8. The van der Waals surface area contributed by atoms with Crippen LogP contribution >= 0.6 is 0 Å². The summed E-state index contributed by atoms with van der Waals surface area (Å²) in [5.74, 6) is 0. The topological polar surface area (TPSA) is 0 Å². The molecule has 0 aromatic heterocycles. The van der Waals surface area contributed by atoms with Crippen LogP contribution in [0.1, 0.15) is 140 Å². The normalized spacial score (nSPS) is 16.2. The zero-order valence-electron chi connectivity index (χ0n) is 20.2. The van der Waals surface area contributed by atoms with E-state index in [1.807, 2.05) is 0 Å². The highest BCUT2D eigenvalue weighted by atomic mass is 14.4. The van der Waals surface area contributed by atoms with E-state index in [1.54, 1.807) is 16.7 Å². The van der Waals surface area contributed by atoms with Crippen LogP contribution in [0.4, 0.5) is 0 Å². The summed E-state index contributed by atoms with van der Waals surface area (Å²) in [7, 11) is 0. The van der Waals surface area contributed by atoms with Crippen molar-refractivity contribution in [2.75, 3.05) is 0 Å². The highest BCUT2D eigenvalue weighted by Gasteiger charge is 2.31. The predicted molar refractivity (Wildman–Crippen MR) is 131 cm³/mol. The molecule has 166 valence electrons. The molecule has 0 nitrogen and oxygen atoms in total. The third-order valence-electron chi connectivity index (χ3n) is 7.63. The molecule has 0 spiro atoms. The van der Waals surface area contributed by atoms with Crippen molar-refractivity contribution in [3.05, 3.63) is 34.9 Å². The van der Waals surface area contributed by atoms with Crippen LogP contribution in [0.2, 0.25) is 0 Å². The van der Waals surface area contributed by atoms with Crippen molar-refractivity contribution < 1.29 is 0 Å². The number of rotatable bonds is 15. The molecule has 2 rings (SSSR count). The predicted octanol–water partition coefficient (Wildman–Crippen LogP) is 9.75. The van der Waals surface area contributed by atoms with E-state index in [4.69, 9.17) is 0 Å². The van der Waals surface area contributed by atoms with Gasteiger partial charge in [0, 0.05) is 0 Å². The highest BCUT2D eigenvalue weighted by Crippen LogP contribution is 2.44. The van der Waals surface area contributed by atoms with Gasteiger partial charge in [0.2, 0.25) is 0 Å². The van der Waals surface area contributed by atoms with E-state index < -0.39 is 0 Å². The highest BCUT2D eigenvalue weighted by molar-refractivity contribution is 5.31. The van der Waals surface area contributed by atoms with Crippen LogP contribution in [-0.4, -0.2) is 0 Å². The maximum atomic E-state index is 2.50. The van der Waals surface area contributed by atoms with Crippen molar-refractivity contribution in [1.82, 2.24) is 0 Å². The molecule has 0 saturated heterocycles. The van der Waals surface area contributed by atoms with Gasteiger partial charge in [0.15, 0.2) is 0 Å². The summed E-state index contributed by atoms with van der Waals surface area (Å²) in [5.41, 5.74) is 5.39. The molecule has 0 aliphatic heterocycles. The summed E-state index contributed by atoms with van der Waals surface area (Å²) in [6.07, 6.45) is 27.0. The molecule has 0 heterocycles. The molecule has 1 aliphatic carbocycles. The Balaban J connectivity index is 1.78. The number of aryl methyl sites for hydroxylation is 3. The molecule has 0 radical (unpaired) electrons. The number of hydrogen-bond donors (Lipinski definition) is 0. The molecule has 1 aromatic carbocycles. The molecule has 0 unspecified atom stereocenters. The van der Waals surface area contributed by atoms with Crippen molar-refractivity contribution in [2.45, 2.75) is 143 Å². The number of benzene rings is 1. The van der Waals surface area contributed by atoms with Crippen LogP contribution in [0.5, 0.6) is 0 Å². The molecule has 0 bridgehead atoms. The Bertz CT molecular complexity index is 535. The minimum Gasteiger partial charge on any atom is -0.0654 e. The lowest BCUT2D eigenvalue weighted by atomic mass is 9.67. The van der Waals surface area contributed by atoms with Gasteiger partial charge in [0.25, 0.3) is 0 Å². The SMILES string of the molecule is CCCCCCCCCc1ccc(CCC2(CCCCC)CCCCC2)c(C)c1. The van der Waals surface area contributed by atoms with Crippen molar-refractivity contribution in [3.63, 3.8) is 0 Å². The third-order valence-corrected chi connectivity index (χ3v) is 7.63. The average molecular weight is 399 g/mol. The summed E-state index contributed by atoms with van der Waals surface area (Å²) in [5, 5.41) is 0. The van der Waals surface area contributed by atoms with E-state index in [2.05, 4.69) is 39.0 Å². The fourth-order valence-electron chi connectivity index (χ4n) is 5.56. The van der Waals surface area contributed by atoms with Gasteiger partial charge in [-0.2, -0.15) is 0 Å². The van der Waals surface area contributed by atoms with E-state index in [0.29, 0.717) is 5.41 Å². The van der Waals surface area contributed by atoms with Crippen molar-refractivity contribution >= 4 is 0 Å². The lowest BCUT2D eigenvalue weighted by Crippen LogP contribution is -2.25. The van der Waals surface area contributed by atoms with Crippen LogP contribution in [0.25, 0.3) is 0 Å². The summed E-state index contributed by atoms with van der Waals surface area (Å²) >= 11 is 0. The Hall–Kier alpha value is -0.780. The Labute approximate surface area is 183 Å². The molecule has 0 N–H and O–H groups in total. The maximum Gasteiger partial charge on any atom is -0.0271 e. The Morgan fingerprint density at radius 2 is 1.34 bits per heavy atom. The summed E-state index contributed by atoms with van der Waals surface area (Å²) in [6.45, 7) is 6.99. The molecular weight excluding hydrogens is 348 g/mol. The second kappa shape index (κ2) is 14.3. The average Bonchev–Trinajstić information content (AvgIpc) is 2.73. The van der Waals surface area contributed by atoms with E-state index in [-0.39, 0.29) is 0 Å². The second-order valence-corrected chi connectivity index (χ2v) is 10.1. The van der Waals surface area contributed by atoms with E-state index in [1.165, 1.54) is 122 Å². The minimum absolute atomic E-state index is 0.663. The van der Waals surface area contributed by atoms with Gasteiger partial charge in [0.1, 0.15) is 0 Å². The van der Waals surface area contributed by atoms with Gasteiger partial charge >= 0.3 is 0 Å². The van der Waals surface area contributed by atoms with Crippen LogP contribution in [0.3, 0.4) is 0 Å². The van der Waals surface area contributed by atoms with Crippen LogP contribution in [0.15, 0.2) is 18.2 Å². The molecule has 0 heteroatoms. The lowest BCUT2D eigenvalue weighted by molar-refractivity contribution is 0.152. The molecule has 0 atom stereocenters. The van der Waals surface area contributed by atoms with E-state index in [0.717, 1.165) is 0 Å². The van der Waals surface area contributed by atoms with Crippen LogP contribution < -0.4 is 0 Å². The van der Waals surface area contributed by atoms with Crippen LogP contribution in [0, 0.1) is 12.3 Å². The number of hydrogen-bond acceptors (Lipinski definition) is 0. The first-order chi connectivity index (χ1) is 14.2. The van der Waals surface area contributed by atoms with Gasteiger partial charge in [-0.1, -0.05) is 109 Å². The fourth-order valence-corrected chi connectivity index (χ4v) is 5.56. The molecule has 1 aliphatic rings. The largest absolute Gasteiger partial charge is 0.0654 e. The molecular formula is C29H50. The summed E-state index contributed by atoms with van der Waals surface area (Å²) in [6, 6.07) is 7.40. The molecule has 1 fully saturated rings. The molecule has 0 amide bonds. The summed E-state index contributed by atoms with van der Waals surface area (Å²) in [4.78, 5) is 0.